The SMILES string of the molecule is Cc1cc(C)c(C)c(-c2cc(-c3ccccc3)on2)c1C. The highest BCUT2D eigenvalue weighted by Gasteiger charge is 2.15. The van der Waals surface area contributed by atoms with Gasteiger partial charge in [0.2, 0.25) is 0 Å². The van der Waals surface area contributed by atoms with E-state index in [0.29, 0.717) is 0 Å². The number of rotatable bonds is 2. The van der Waals surface area contributed by atoms with E-state index in [1.807, 2.05) is 36.4 Å². The molecule has 0 aliphatic carbocycles. The van der Waals surface area contributed by atoms with Gasteiger partial charge in [-0.05, 0) is 49.9 Å². The molecule has 0 unspecified atom stereocenters. The molecule has 0 atom stereocenters. The van der Waals surface area contributed by atoms with Crippen molar-refractivity contribution in [3.8, 4) is 22.6 Å². The summed E-state index contributed by atoms with van der Waals surface area (Å²) in [5, 5.41) is 4.29. The van der Waals surface area contributed by atoms with E-state index in [0.717, 1.165) is 17.0 Å². The maximum atomic E-state index is 5.54. The minimum atomic E-state index is 0.809. The number of hydrogen-bond acceptors (Lipinski definition) is 2. The fourth-order valence-corrected chi connectivity index (χ4v) is 2.73. The lowest BCUT2D eigenvalue weighted by molar-refractivity contribution is 0.435. The zero-order valence-corrected chi connectivity index (χ0v) is 12.9. The van der Waals surface area contributed by atoms with Crippen LogP contribution in [0.3, 0.4) is 0 Å². The molecule has 0 aliphatic rings. The first-order valence-corrected chi connectivity index (χ1v) is 7.18. The van der Waals surface area contributed by atoms with Crippen LogP contribution in [0.15, 0.2) is 47.0 Å². The topological polar surface area (TPSA) is 26.0 Å². The van der Waals surface area contributed by atoms with E-state index in [1.165, 1.54) is 27.8 Å². The fraction of sp³-hybridized carbons (Fsp3) is 0.211. The minimum Gasteiger partial charge on any atom is -0.356 e. The summed E-state index contributed by atoms with van der Waals surface area (Å²) < 4.78 is 5.54. The monoisotopic (exact) mass is 277 g/mol. The van der Waals surface area contributed by atoms with Gasteiger partial charge in [0.15, 0.2) is 5.76 Å². The van der Waals surface area contributed by atoms with Gasteiger partial charge in [0, 0.05) is 17.2 Å². The summed E-state index contributed by atoms with van der Waals surface area (Å²) in [5.41, 5.74) is 8.27. The highest BCUT2D eigenvalue weighted by Crippen LogP contribution is 2.33. The van der Waals surface area contributed by atoms with Crippen LogP contribution in [-0.2, 0) is 0 Å². The average Bonchev–Trinajstić information content (AvgIpc) is 2.96. The van der Waals surface area contributed by atoms with E-state index in [-0.39, 0.29) is 0 Å². The Labute approximate surface area is 125 Å². The van der Waals surface area contributed by atoms with Crippen LogP contribution in [0.25, 0.3) is 22.6 Å². The normalized spacial score (nSPS) is 10.9. The van der Waals surface area contributed by atoms with Gasteiger partial charge in [-0.3, -0.25) is 0 Å². The minimum absolute atomic E-state index is 0.809. The Hall–Kier alpha value is -2.35. The van der Waals surface area contributed by atoms with Crippen molar-refractivity contribution >= 4 is 0 Å². The first-order chi connectivity index (χ1) is 10.1. The standard InChI is InChI=1S/C19H19NO/c1-12-10-13(2)15(4)19(14(12)3)17-11-18(21-20-17)16-8-6-5-7-9-16/h5-11H,1-4H3. The van der Waals surface area contributed by atoms with Gasteiger partial charge in [-0.2, -0.15) is 0 Å². The van der Waals surface area contributed by atoms with E-state index >= 15 is 0 Å². The van der Waals surface area contributed by atoms with Gasteiger partial charge < -0.3 is 4.52 Å². The van der Waals surface area contributed by atoms with Crippen LogP contribution >= 0.6 is 0 Å². The third-order valence-electron chi connectivity index (χ3n) is 4.19. The van der Waals surface area contributed by atoms with Crippen molar-refractivity contribution in [3.63, 3.8) is 0 Å². The molecule has 3 aromatic rings. The number of nitrogens with zero attached hydrogens (tertiary/aromatic N) is 1. The summed E-state index contributed by atoms with van der Waals surface area (Å²) in [4.78, 5) is 0. The predicted octanol–water partition coefficient (Wildman–Crippen LogP) is 5.24. The summed E-state index contributed by atoms with van der Waals surface area (Å²) >= 11 is 0. The zero-order valence-electron chi connectivity index (χ0n) is 12.9. The molecule has 1 heterocycles. The van der Waals surface area contributed by atoms with Crippen molar-refractivity contribution in [1.29, 1.82) is 0 Å². The number of aromatic nitrogens is 1. The fourth-order valence-electron chi connectivity index (χ4n) is 2.73. The predicted molar refractivity (Wildman–Crippen MR) is 86.3 cm³/mol. The molecule has 3 rings (SSSR count). The quantitative estimate of drug-likeness (QED) is 0.640. The molecule has 0 saturated carbocycles. The van der Waals surface area contributed by atoms with Crippen molar-refractivity contribution in [1.82, 2.24) is 5.16 Å². The van der Waals surface area contributed by atoms with Gasteiger partial charge >= 0.3 is 0 Å². The zero-order chi connectivity index (χ0) is 15.0. The van der Waals surface area contributed by atoms with Crippen molar-refractivity contribution < 1.29 is 4.52 Å². The Bertz CT molecular complexity index is 759. The highest BCUT2D eigenvalue weighted by atomic mass is 16.5. The van der Waals surface area contributed by atoms with Crippen LogP contribution in [0.5, 0.6) is 0 Å². The summed E-state index contributed by atoms with van der Waals surface area (Å²) in [6, 6.07) is 14.3. The van der Waals surface area contributed by atoms with Gasteiger partial charge in [-0.25, -0.2) is 0 Å². The maximum absolute atomic E-state index is 5.54. The summed E-state index contributed by atoms with van der Waals surface area (Å²) in [7, 11) is 0. The Morgan fingerprint density at radius 1 is 0.810 bits per heavy atom. The molecular weight excluding hydrogens is 258 g/mol. The molecule has 0 saturated heterocycles. The number of aryl methyl sites for hydroxylation is 2. The Kier molecular flexibility index (Phi) is 3.38. The molecule has 2 heteroatoms. The summed E-state index contributed by atoms with van der Waals surface area (Å²) in [5.74, 6) is 0.809. The van der Waals surface area contributed by atoms with Crippen molar-refractivity contribution in [2.24, 2.45) is 0 Å². The third kappa shape index (κ3) is 2.38. The molecule has 2 nitrogen and oxygen atoms in total. The molecule has 0 radical (unpaired) electrons. The van der Waals surface area contributed by atoms with Gasteiger partial charge in [-0.15, -0.1) is 0 Å². The molecule has 21 heavy (non-hydrogen) atoms. The molecule has 0 aliphatic heterocycles. The maximum Gasteiger partial charge on any atom is 0.167 e. The van der Waals surface area contributed by atoms with Gasteiger partial charge in [0.25, 0.3) is 0 Å². The second-order valence-electron chi connectivity index (χ2n) is 5.58. The van der Waals surface area contributed by atoms with E-state index in [4.69, 9.17) is 4.52 Å². The van der Waals surface area contributed by atoms with E-state index in [1.54, 1.807) is 0 Å². The molecule has 2 aromatic carbocycles. The van der Waals surface area contributed by atoms with E-state index in [9.17, 15) is 0 Å². The third-order valence-corrected chi connectivity index (χ3v) is 4.19. The van der Waals surface area contributed by atoms with E-state index < -0.39 is 0 Å². The molecular formula is C19H19NO. The smallest absolute Gasteiger partial charge is 0.167 e. The average molecular weight is 277 g/mol. The molecule has 0 N–H and O–H groups in total. The van der Waals surface area contributed by atoms with Crippen molar-refractivity contribution in [2.75, 3.05) is 0 Å². The Morgan fingerprint density at radius 2 is 1.43 bits per heavy atom. The van der Waals surface area contributed by atoms with Gasteiger partial charge in [0.05, 0.1) is 0 Å². The molecule has 0 fully saturated rings. The lowest BCUT2D eigenvalue weighted by Crippen LogP contribution is -1.95. The summed E-state index contributed by atoms with van der Waals surface area (Å²) in [6.07, 6.45) is 0. The second-order valence-corrected chi connectivity index (χ2v) is 5.58. The second kappa shape index (κ2) is 5.21. The van der Waals surface area contributed by atoms with Crippen molar-refractivity contribution in [3.05, 3.63) is 64.7 Å². The lowest BCUT2D eigenvalue weighted by Gasteiger charge is -2.12. The molecule has 106 valence electrons. The van der Waals surface area contributed by atoms with Crippen LogP contribution in [0.2, 0.25) is 0 Å². The van der Waals surface area contributed by atoms with Crippen molar-refractivity contribution in [2.45, 2.75) is 27.7 Å². The Balaban J connectivity index is 2.13. The number of hydrogen-bond donors (Lipinski definition) is 0. The first-order valence-electron chi connectivity index (χ1n) is 7.18. The molecule has 1 aromatic heterocycles. The van der Waals surface area contributed by atoms with Gasteiger partial charge in [0.1, 0.15) is 5.69 Å². The van der Waals surface area contributed by atoms with Gasteiger partial charge in [-0.1, -0.05) is 41.6 Å². The van der Waals surface area contributed by atoms with Crippen LogP contribution in [0.4, 0.5) is 0 Å². The largest absolute Gasteiger partial charge is 0.356 e. The number of benzene rings is 2. The summed E-state index contributed by atoms with van der Waals surface area (Å²) in [6.45, 7) is 8.58. The first kappa shape index (κ1) is 13.6. The molecule has 0 amide bonds. The van der Waals surface area contributed by atoms with E-state index in [2.05, 4.69) is 38.9 Å². The molecule has 0 spiro atoms. The molecule has 0 bridgehead atoms. The van der Waals surface area contributed by atoms with Crippen LogP contribution < -0.4 is 0 Å². The van der Waals surface area contributed by atoms with Crippen LogP contribution in [-0.4, -0.2) is 5.16 Å². The highest BCUT2D eigenvalue weighted by molar-refractivity contribution is 5.73. The van der Waals surface area contributed by atoms with Crippen LogP contribution in [0.1, 0.15) is 22.3 Å². The lowest BCUT2D eigenvalue weighted by atomic mass is 9.92. The van der Waals surface area contributed by atoms with Crippen LogP contribution in [0, 0.1) is 27.7 Å². The Morgan fingerprint density at radius 3 is 2.05 bits per heavy atom.